The van der Waals surface area contributed by atoms with Gasteiger partial charge in [0.25, 0.3) is 5.91 Å². The van der Waals surface area contributed by atoms with Crippen molar-refractivity contribution in [3.8, 4) is 0 Å². The molecule has 0 atom stereocenters. The molecule has 0 aliphatic rings. The maximum atomic E-state index is 11.8. The van der Waals surface area contributed by atoms with E-state index in [2.05, 4.69) is 15.5 Å². The third-order valence-electron chi connectivity index (χ3n) is 2.83. The molecule has 1 aromatic carbocycles. The average molecular weight is 311 g/mol. The van der Waals surface area contributed by atoms with Crippen molar-refractivity contribution < 1.29 is 9.21 Å². The SMILES string of the molecule is O=C(C=Cc1ccccc1)Nc1nnc(Cc2cccs2)o1. The Labute approximate surface area is 131 Å². The summed E-state index contributed by atoms with van der Waals surface area (Å²) in [5.41, 5.74) is 0.946. The quantitative estimate of drug-likeness (QED) is 0.734. The van der Waals surface area contributed by atoms with E-state index in [1.165, 1.54) is 6.08 Å². The van der Waals surface area contributed by atoms with Crippen molar-refractivity contribution in [2.24, 2.45) is 0 Å². The van der Waals surface area contributed by atoms with Gasteiger partial charge in [-0.05, 0) is 23.1 Å². The van der Waals surface area contributed by atoms with Crippen LogP contribution < -0.4 is 5.32 Å². The van der Waals surface area contributed by atoms with E-state index in [1.807, 2.05) is 47.8 Å². The molecule has 1 N–H and O–H groups in total. The lowest BCUT2D eigenvalue weighted by Gasteiger charge is -1.95. The molecule has 0 aliphatic carbocycles. The van der Waals surface area contributed by atoms with Crippen LogP contribution in [0.5, 0.6) is 0 Å². The molecular weight excluding hydrogens is 298 g/mol. The number of carbonyl (C=O) groups excluding carboxylic acids is 1. The van der Waals surface area contributed by atoms with Gasteiger partial charge in [-0.15, -0.1) is 16.4 Å². The molecule has 0 saturated carbocycles. The number of carbonyl (C=O) groups is 1. The first kappa shape index (κ1) is 14.2. The molecule has 0 radical (unpaired) electrons. The molecule has 3 rings (SSSR count). The normalized spacial score (nSPS) is 10.9. The molecule has 110 valence electrons. The standard InChI is InChI=1S/C16H13N3O2S/c20-14(9-8-12-5-2-1-3-6-12)17-16-19-18-15(21-16)11-13-7-4-10-22-13/h1-10H,11H2,(H,17,19,20). The zero-order valence-electron chi connectivity index (χ0n) is 11.6. The smallest absolute Gasteiger partial charge is 0.322 e. The van der Waals surface area contributed by atoms with Gasteiger partial charge in [0.2, 0.25) is 5.89 Å². The number of rotatable bonds is 5. The Morgan fingerprint density at radius 3 is 2.82 bits per heavy atom. The number of amides is 1. The monoisotopic (exact) mass is 311 g/mol. The minimum Gasteiger partial charge on any atom is -0.407 e. The zero-order chi connectivity index (χ0) is 15.2. The molecule has 2 aromatic heterocycles. The minimum atomic E-state index is -0.310. The molecule has 0 fully saturated rings. The van der Waals surface area contributed by atoms with E-state index in [9.17, 15) is 4.79 Å². The summed E-state index contributed by atoms with van der Waals surface area (Å²) < 4.78 is 5.40. The van der Waals surface area contributed by atoms with Gasteiger partial charge in [0.15, 0.2) is 0 Å². The maximum Gasteiger partial charge on any atom is 0.322 e. The number of thiophene rings is 1. The molecular formula is C16H13N3O2S. The highest BCUT2D eigenvalue weighted by Crippen LogP contribution is 2.15. The Balaban J connectivity index is 1.58. The molecule has 6 heteroatoms. The third-order valence-corrected chi connectivity index (χ3v) is 3.71. The van der Waals surface area contributed by atoms with Gasteiger partial charge in [-0.3, -0.25) is 10.1 Å². The predicted molar refractivity (Wildman–Crippen MR) is 85.5 cm³/mol. The Morgan fingerprint density at radius 2 is 2.05 bits per heavy atom. The third kappa shape index (κ3) is 3.89. The molecule has 0 spiro atoms. The second kappa shape index (κ2) is 6.82. The highest BCUT2D eigenvalue weighted by molar-refractivity contribution is 7.09. The second-order valence-electron chi connectivity index (χ2n) is 4.49. The van der Waals surface area contributed by atoms with Crippen molar-refractivity contribution in [3.63, 3.8) is 0 Å². The van der Waals surface area contributed by atoms with E-state index in [-0.39, 0.29) is 11.9 Å². The van der Waals surface area contributed by atoms with E-state index in [4.69, 9.17) is 4.42 Å². The van der Waals surface area contributed by atoms with Crippen LogP contribution in [0.3, 0.4) is 0 Å². The first-order valence-electron chi connectivity index (χ1n) is 6.68. The van der Waals surface area contributed by atoms with E-state index in [0.717, 1.165) is 10.4 Å². The van der Waals surface area contributed by atoms with E-state index in [1.54, 1.807) is 17.4 Å². The van der Waals surface area contributed by atoms with Gasteiger partial charge in [0.1, 0.15) is 0 Å². The fourth-order valence-electron chi connectivity index (χ4n) is 1.82. The van der Waals surface area contributed by atoms with Crippen LogP contribution in [0.25, 0.3) is 6.08 Å². The van der Waals surface area contributed by atoms with Crippen LogP contribution in [-0.4, -0.2) is 16.1 Å². The van der Waals surface area contributed by atoms with Crippen LogP contribution >= 0.6 is 11.3 Å². The number of anilines is 1. The van der Waals surface area contributed by atoms with Crippen molar-refractivity contribution in [3.05, 3.63) is 70.3 Å². The number of benzene rings is 1. The van der Waals surface area contributed by atoms with Crippen molar-refractivity contribution in [1.29, 1.82) is 0 Å². The molecule has 0 saturated heterocycles. The molecule has 3 aromatic rings. The lowest BCUT2D eigenvalue weighted by molar-refractivity contribution is -0.112. The van der Waals surface area contributed by atoms with Gasteiger partial charge in [-0.2, -0.15) is 0 Å². The van der Waals surface area contributed by atoms with Crippen LogP contribution in [0.4, 0.5) is 6.01 Å². The van der Waals surface area contributed by atoms with Crippen molar-refractivity contribution >= 4 is 29.3 Å². The molecule has 0 unspecified atom stereocenters. The van der Waals surface area contributed by atoms with E-state index in [0.29, 0.717) is 12.3 Å². The van der Waals surface area contributed by atoms with Gasteiger partial charge in [-0.25, -0.2) is 0 Å². The summed E-state index contributed by atoms with van der Waals surface area (Å²) in [4.78, 5) is 12.9. The molecule has 1 amide bonds. The van der Waals surface area contributed by atoms with Gasteiger partial charge >= 0.3 is 6.01 Å². The van der Waals surface area contributed by atoms with E-state index >= 15 is 0 Å². The van der Waals surface area contributed by atoms with Crippen LogP contribution in [0.2, 0.25) is 0 Å². The minimum absolute atomic E-state index is 0.106. The van der Waals surface area contributed by atoms with Gasteiger partial charge in [0.05, 0.1) is 6.42 Å². The Kier molecular flexibility index (Phi) is 4.41. The van der Waals surface area contributed by atoms with Crippen LogP contribution in [0.15, 0.2) is 58.3 Å². The zero-order valence-corrected chi connectivity index (χ0v) is 12.4. The van der Waals surface area contributed by atoms with Crippen molar-refractivity contribution in [2.75, 3.05) is 5.32 Å². The van der Waals surface area contributed by atoms with Gasteiger partial charge in [0, 0.05) is 11.0 Å². The van der Waals surface area contributed by atoms with Crippen molar-refractivity contribution in [1.82, 2.24) is 10.2 Å². The number of nitrogens with zero attached hydrogens (tertiary/aromatic N) is 2. The van der Waals surface area contributed by atoms with E-state index < -0.39 is 0 Å². The highest BCUT2D eigenvalue weighted by Gasteiger charge is 2.09. The van der Waals surface area contributed by atoms with Gasteiger partial charge < -0.3 is 4.42 Å². The number of hydrogen-bond donors (Lipinski definition) is 1. The summed E-state index contributed by atoms with van der Waals surface area (Å²) >= 11 is 1.62. The summed E-state index contributed by atoms with van der Waals surface area (Å²) in [6, 6.07) is 13.6. The summed E-state index contributed by atoms with van der Waals surface area (Å²) in [5.74, 6) is 0.167. The number of hydrogen-bond acceptors (Lipinski definition) is 5. The van der Waals surface area contributed by atoms with Crippen molar-refractivity contribution in [2.45, 2.75) is 6.42 Å². The fraction of sp³-hybridized carbons (Fsp3) is 0.0625. The summed E-state index contributed by atoms with van der Waals surface area (Å²) in [5, 5.41) is 12.3. The Bertz CT molecular complexity index is 764. The van der Waals surface area contributed by atoms with Crippen LogP contribution in [-0.2, 0) is 11.2 Å². The highest BCUT2D eigenvalue weighted by atomic mass is 32.1. The molecule has 0 aliphatic heterocycles. The number of nitrogens with one attached hydrogen (secondary N) is 1. The largest absolute Gasteiger partial charge is 0.407 e. The lowest BCUT2D eigenvalue weighted by atomic mass is 10.2. The first-order valence-corrected chi connectivity index (χ1v) is 7.56. The fourth-order valence-corrected chi connectivity index (χ4v) is 2.52. The molecule has 22 heavy (non-hydrogen) atoms. The lowest BCUT2D eigenvalue weighted by Crippen LogP contribution is -2.07. The summed E-state index contributed by atoms with van der Waals surface area (Å²) in [6.07, 6.45) is 3.72. The Hall–Kier alpha value is -2.73. The topological polar surface area (TPSA) is 68.0 Å². The predicted octanol–water partition coefficient (Wildman–Crippen LogP) is 3.37. The van der Waals surface area contributed by atoms with Crippen LogP contribution in [0.1, 0.15) is 16.3 Å². The maximum absolute atomic E-state index is 11.8. The number of aromatic nitrogens is 2. The molecule has 5 nitrogen and oxygen atoms in total. The first-order chi connectivity index (χ1) is 10.8. The second-order valence-corrected chi connectivity index (χ2v) is 5.52. The van der Waals surface area contributed by atoms with Crippen LogP contribution in [0, 0.1) is 0 Å². The summed E-state index contributed by atoms with van der Waals surface area (Å²) in [6.45, 7) is 0. The Morgan fingerprint density at radius 1 is 1.18 bits per heavy atom. The molecule has 0 bridgehead atoms. The average Bonchev–Trinajstić information content (AvgIpc) is 3.19. The summed E-state index contributed by atoms with van der Waals surface area (Å²) in [7, 11) is 0. The molecule has 2 heterocycles. The van der Waals surface area contributed by atoms with Gasteiger partial charge in [-0.1, -0.05) is 41.5 Å².